The van der Waals surface area contributed by atoms with Gasteiger partial charge in [0.2, 0.25) is 0 Å². The highest BCUT2D eigenvalue weighted by molar-refractivity contribution is 7.13. The molecule has 1 aliphatic rings. The van der Waals surface area contributed by atoms with Gasteiger partial charge in [0.15, 0.2) is 11.1 Å². The van der Waals surface area contributed by atoms with E-state index >= 15 is 0 Å². The van der Waals surface area contributed by atoms with Gasteiger partial charge in [0.25, 0.3) is 0 Å². The molecule has 7 heteroatoms. The third-order valence-electron chi connectivity index (χ3n) is 4.40. The first kappa shape index (κ1) is 16.0. The molecule has 1 fully saturated rings. The van der Waals surface area contributed by atoms with Crippen molar-refractivity contribution in [3.63, 3.8) is 0 Å². The molecule has 1 saturated heterocycles. The fourth-order valence-corrected chi connectivity index (χ4v) is 3.74. The number of rotatable bonds is 4. The number of nitrogens with zero attached hydrogens (tertiary/aromatic N) is 4. The zero-order chi connectivity index (χ0) is 17.1. The van der Waals surface area contributed by atoms with E-state index in [1.54, 1.807) is 11.3 Å². The summed E-state index contributed by atoms with van der Waals surface area (Å²) in [6.07, 6.45) is 2.61. The maximum Gasteiger partial charge on any atom is 0.191 e. The van der Waals surface area contributed by atoms with E-state index in [-0.39, 0.29) is 0 Å². The molecular weight excluding hydrogens is 334 g/mol. The van der Waals surface area contributed by atoms with Crippen LogP contribution in [-0.2, 0) is 6.42 Å². The van der Waals surface area contributed by atoms with Crippen molar-refractivity contribution in [1.29, 1.82) is 0 Å². The van der Waals surface area contributed by atoms with Crippen LogP contribution in [0.1, 0.15) is 5.76 Å². The monoisotopic (exact) mass is 355 g/mol. The van der Waals surface area contributed by atoms with Gasteiger partial charge in [-0.2, -0.15) is 0 Å². The molecule has 0 bridgehead atoms. The second-order valence-electron chi connectivity index (χ2n) is 6.03. The Kier molecular flexibility index (Phi) is 4.56. The zero-order valence-electron chi connectivity index (χ0n) is 14.0. The number of furan rings is 1. The van der Waals surface area contributed by atoms with E-state index in [9.17, 15) is 0 Å². The van der Waals surface area contributed by atoms with Gasteiger partial charge in [-0.05, 0) is 12.1 Å². The molecule has 0 unspecified atom stereocenters. The molecule has 0 aliphatic carbocycles. The molecule has 0 atom stereocenters. The maximum atomic E-state index is 6.17. The number of thiazole rings is 1. The van der Waals surface area contributed by atoms with Crippen molar-refractivity contribution in [2.45, 2.75) is 6.42 Å². The summed E-state index contributed by atoms with van der Waals surface area (Å²) in [5, 5.41) is 4.23. The molecule has 0 saturated carbocycles. The van der Waals surface area contributed by atoms with Gasteiger partial charge in [-0.1, -0.05) is 18.2 Å². The molecule has 3 heterocycles. The molecule has 1 aliphatic heterocycles. The Morgan fingerprint density at radius 1 is 1.24 bits per heavy atom. The third kappa shape index (κ3) is 3.61. The minimum atomic E-state index is 0.620. The number of hydrogen-bond donors (Lipinski definition) is 1. The number of guanidine groups is 1. The zero-order valence-corrected chi connectivity index (χ0v) is 14.8. The lowest BCUT2D eigenvalue weighted by atomic mass is 10.2. The van der Waals surface area contributed by atoms with Crippen LogP contribution in [0.4, 0.5) is 5.13 Å². The van der Waals surface area contributed by atoms with Crippen LogP contribution in [0.25, 0.3) is 11.0 Å². The fourth-order valence-electron chi connectivity index (χ4n) is 3.04. The molecule has 2 aromatic heterocycles. The summed E-state index contributed by atoms with van der Waals surface area (Å²) in [5.41, 5.74) is 7.09. The number of hydrogen-bond acceptors (Lipinski definition) is 5. The van der Waals surface area contributed by atoms with E-state index in [1.807, 2.05) is 29.8 Å². The van der Waals surface area contributed by atoms with Crippen molar-refractivity contribution in [2.24, 2.45) is 10.7 Å². The quantitative estimate of drug-likeness (QED) is 0.575. The SMILES string of the molecule is NC(=NCCc1cc2ccccc2o1)N1CCN(c2nccs2)CC1. The predicted octanol–water partition coefficient (Wildman–Crippen LogP) is 2.57. The Labute approximate surface area is 150 Å². The number of nitrogens with two attached hydrogens (primary N) is 1. The Bertz CT molecular complexity index is 816. The molecule has 1 aromatic carbocycles. The van der Waals surface area contributed by atoms with Crippen molar-refractivity contribution < 1.29 is 4.42 Å². The summed E-state index contributed by atoms with van der Waals surface area (Å²) in [4.78, 5) is 13.3. The van der Waals surface area contributed by atoms with E-state index in [4.69, 9.17) is 10.2 Å². The smallest absolute Gasteiger partial charge is 0.191 e. The topological polar surface area (TPSA) is 70.9 Å². The van der Waals surface area contributed by atoms with Gasteiger partial charge >= 0.3 is 0 Å². The first-order valence-electron chi connectivity index (χ1n) is 8.46. The first-order chi connectivity index (χ1) is 12.3. The van der Waals surface area contributed by atoms with E-state index in [1.165, 1.54) is 0 Å². The molecule has 25 heavy (non-hydrogen) atoms. The largest absolute Gasteiger partial charge is 0.461 e. The van der Waals surface area contributed by atoms with Crippen molar-refractivity contribution in [1.82, 2.24) is 9.88 Å². The van der Waals surface area contributed by atoms with Crippen molar-refractivity contribution in [2.75, 3.05) is 37.6 Å². The Hall–Kier alpha value is -2.54. The number of fused-ring (bicyclic) bond motifs is 1. The van der Waals surface area contributed by atoms with Crippen LogP contribution < -0.4 is 10.6 Å². The lowest BCUT2D eigenvalue weighted by Gasteiger charge is -2.35. The van der Waals surface area contributed by atoms with Crippen LogP contribution in [-0.4, -0.2) is 48.6 Å². The lowest BCUT2D eigenvalue weighted by molar-refractivity contribution is 0.380. The molecule has 4 rings (SSSR count). The van der Waals surface area contributed by atoms with Crippen LogP contribution in [0.2, 0.25) is 0 Å². The number of piperazine rings is 1. The summed E-state index contributed by atoms with van der Waals surface area (Å²) in [6.45, 7) is 4.23. The standard InChI is InChI=1S/C18H21N5OS/c19-17(22-8-10-23(11-9-22)18-21-7-12-25-18)20-6-5-15-13-14-3-1-2-4-16(14)24-15/h1-4,7,12-13H,5-6,8-11H2,(H2,19,20). The van der Waals surface area contributed by atoms with Crippen molar-refractivity contribution >= 4 is 33.4 Å². The van der Waals surface area contributed by atoms with Gasteiger partial charge in [-0.25, -0.2) is 4.98 Å². The Morgan fingerprint density at radius 3 is 2.84 bits per heavy atom. The highest BCUT2D eigenvalue weighted by atomic mass is 32.1. The average molecular weight is 355 g/mol. The van der Waals surface area contributed by atoms with E-state index in [2.05, 4.69) is 31.9 Å². The van der Waals surface area contributed by atoms with Crippen molar-refractivity contribution in [3.8, 4) is 0 Å². The van der Waals surface area contributed by atoms with Gasteiger partial charge < -0.3 is 20.0 Å². The number of para-hydroxylation sites is 1. The second kappa shape index (κ2) is 7.14. The molecule has 130 valence electrons. The number of anilines is 1. The normalized spacial score (nSPS) is 15.9. The Morgan fingerprint density at radius 2 is 2.08 bits per heavy atom. The highest BCUT2D eigenvalue weighted by Crippen LogP contribution is 2.20. The third-order valence-corrected chi connectivity index (χ3v) is 5.23. The van der Waals surface area contributed by atoms with Gasteiger partial charge in [0.1, 0.15) is 11.3 Å². The van der Waals surface area contributed by atoms with Crippen molar-refractivity contribution in [3.05, 3.63) is 47.7 Å². The predicted molar refractivity (Wildman–Crippen MR) is 102 cm³/mol. The second-order valence-corrected chi connectivity index (χ2v) is 6.90. The minimum absolute atomic E-state index is 0.620. The van der Waals surface area contributed by atoms with E-state index in [0.717, 1.165) is 54.5 Å². The summed E-state index contributed by atoms with van der Waals surface area (Å²) in [5.74, 6) is 1.57. The summed E-state index contributed by atoms with van der Waals surface area (Å²) < 4.78 is 5.81. The average Bonchev–Trinajstić information content (AvgIpc) is 3.31. The molecular formula is C18H21N5OS. The van der Waals surface area contributed by atoms with E-state index < -0.39 is 0 Å². The van der Waals surface area contributed by atoms with Crippen LogP contribution in [0.3, 0.4) is 0 Å². The van der Waals surface area contributed by atoms with Gasteiger partial charge in [-0.15, -0.1) is 11.3 Å². The minimum Gasteiger partial charge on any atom is -0.461 e. The summed E-state index contributed by atoms with van der Waals surface area (Å²) >= 11 is 1.68. The number of benzene rings is 1. The van der Waals surface area contributed by atoms with Gasteiger partial charge in [-0.3, -0.25) is 4.99 Å². The lowest BCUT2D eigenvalue weighted by Crippen LogP contribution is -2.51. The fraction of sp³-hybridized carbons (Fsp3) is 0.333. The number of aromatic nitrogens is 1. The van der Waals surface area contributed by atoms with Crippen LogP contribution in [0.15, 0.2) is 51.3 Å². The molecule has 3 aromatic rings. The van der Waals surface area contributed by atoms with Crippen LogP contribution in [0, 0.1) is 0 Å². The number of aliphatic imine (C=N–C) groups is 1. The highest BCUT2D eigenvalue weighted by Gasteiger charge is 2.19. The maximum absolute atomic E-state index is 6.17. The van der Waals surface area contributed by atoms with E-state index in [0.29, 0.717) is 12.5 Å². The van der Waals surface area contributed by atoms with Crippen LogP contribution >= 0.6 is 11.3 Å². The molecule has 0 spiro atoms. The Balaban J connectivity index is 1.30. The first-order valence-corrected chi connectivity index (χ1v) is 9.34. The summed E-state index contributed by atoms with van der Waals surface area (Å²) in [7, 11) is 0. The van der Waals surface area contributed by atoms with Gasteiger partial charge in [0.05, 0.1) is 0 Å². The summed E-state index contributed by atoms with van der Waals surface area (Å²) in [6, 6.07) is 10.1. The van der Waals surface area contributed by atoms with Crippen LogP contribution in [0.5, 0.6) is 0 Å². The molecule has 0 radical (unpaired) electrons. The van der Waals surface area contributed by atoms with Gasteiger partial charge in [0, 0.05) is 56.1 Å². The molecule has 0 amide bonds. The molecule has 6 nitrogen and oxygen atoms in total. The molecule has 2 N–H and O–H groups in total.